The Hall–Kier alpha value is -1.83. The molecule has 0 bridgehead atoms. The Morgan fingerprint density at radius 2 is 1.95 bits per heavy atom. The Bertz CT molecular complexity index is 499. The number of hydrogen-bond donors (Lipinski definition) is 1. The minimum atomic E-state index is -4.61. The quantitative estimate of drug-likeness (QED) is 0.686. The van der Waals surface area contributed by atoms with Gasteiger partial charge in [-0.25, -0.2) is 0 Å². The van der Waals surface area contributed by atoms with E-state index in [1.807, 2.05) is 0 Å². The normalized spacial score (nSPS) is 16.9. The third-order valence-corrected chi connectivity index (χ3v) is 3.06. The van der Waals surface area contributed by atoms with Crippen LogP contribution in [0, 0.1) is 10.1 Å². The Kier molecular flexibility index (Phi) is 4.12. The highest BCUT2D eigenvalue weighted by Crippen LogP contribution is 2.36. The first-order chi connectivity index (χ1) is 9.38. The first-order valence-corrected chi connectivity index (χ1v) is 6.11. The van der Waals surface area contributed by atoms with Crippen molar-refractivity contribution in [2.45, 2.75) is 25.1 Å². The van der Waals surface area contributed by atoms with Crippen LogP contribution in [0.2, 0.25) is 0 Å². The molecule has 1 aromatic carbocycles. The molecular weight excluding hydrogens is 277 g/mol. The number of benzene rings is 1. The van der Waals surface area contributed by atoms with E-state index in [2.05, 4.69) is 5.32 Å². The topological polar surface area (TPSA) is 64.4 Å². The highest BCUT2D eigenvalue weighted by molar-refractivity contribution is 5.49. The number of halogens is 3. The molecular formula is C12H13F3N2O3. The summed E-state index contributed by atoms with van der Waals surface area (Å²) in [6.07, 6.45) is -3.50. The van der Waals surface area contributed by atoms with E-state index in [1.165, 1.54) is 0 Å². The Balaban J connectivity index is 2.25. The molecule has 2 rings (SSSR count). The molecule has 1 aromatic rings. The zero-order chi connectivity index (χ0) is 14.8. The summed E-state index contributed by atoms with van der Waals surface area (Å²) < 4.78 is 43.1. The van der Waals surface area contributed by atoms with E-state index >= 15 is 0 Å². The number of piperidine rings is 1. The van der Waals surface area contributed by atoms with Crippen molar-refractivity contribution in [3.63, 3.8) is 0 Å². The van der Waals surface area contributed by atoms with Gasteiger partial charge in [0.1, 0.15) is 6.10 Å². The molecule has 0 spiro atoms. The molecule has 0 atom stereocenters. The number of nitrogens with zero attached hydrogens (tertiary/aromatic N) is 1. The van der Waals surface area contributed by atoms with Crippen molar-refractivity contribution in [1.82, 2.24) is 5.32 Å². The molecule has 1 N–H and O–H groups in total. The molecule has 0 saturated carbocycles. The zero-order valence-electron chi connectivity index (χ0n) is 10.4. The van der Waals surface area contributed by atoms with Crippen LogP contribution in [0.4, 0.5) is 18.9 Å². The van der Waals surface area contributed by atoms with Gasteiger partial charge in [0, 0.05) is 6.07 Å². The molecule has 1 saturated heterocycles. The van der Waals surface area contributed by atoms with Gasteiger partial charge in [0.15, 0.2) is 5.75 Å². The second kappa shape index (κ2) is 5.66. The number of alkyl halides is 3. The van der Waals surface area contributed by atoms with Crippen molar-refractivity contribution in [2.24, 2.45) is 0 Å². The lowest BCUT2D eigenvalue weighted by molar-refractivity contribution is -0.386. The third kappa shape index (κ3) is 3.38. The predicted molar refractivity (Wildman–Crippen MR) is 64.6 cm³/mol. The number of nitrogens with one attached hydrogen (secondary N) is 1. The van der Waals surface area contributed by atoms with E-state index in [1.54, 1.807) is 0 Å². The van der Waals surface area contributed by atoms with Gasteiger partial charge in [-0.15, -0.1) is 0 Å². The summed E-state index contributed by atoms with van der Waals surface area (Å²) >= 11 is 0. The third-order valence-electron chi connectivity index (χ3n) is 3.06. The molecule has 0 unspecified atom stereocenters. The standard InChI is InChI=1S/C12H13F3N2O3/c13-12(14,15)8-1-2-11(10(7-8)17(18)19)20-9-3-5-16-6-4-9/h1-2,7,9,16H,3-6H2. The molecule has 1 fully saturated rings. The van der Waals surface area contributed by atoms with Crippen molar-refractivity contribution in [3.8, 4) is 5.75 Å². The largest absolute Gasteiger partial charge is 0.483 e. The molecule has 1 aliphatic heterocycles. The molecule has 0 aromatic heterocycles. The zero-order valence-corrected chi connectivity index (χ0v) is 10.4. The van der Waals surface area contributed by atoms with Crippen molar-refractivity contribution in [1.29, 1.82) is 0 Å². The van der Waals surface area contributed by atoms with Crippen LogP contribution in [-0.2, 0) is 6.18 Å². The molecule has 110 valence electrons. The number of nitro benzene ring substituents is 1. The summed E-state index contributed by atoms with van der Waals surface area (Å²) in [4.78, 5) is 10.0. The van der Waals surface area contributed by atoms with E-state index in [0.29, 0.717) is 18.9 Å². The van der Waals surface area contributed by atoms with Crippen LogP contribution in [0.25, 0.3) is 0 Å². The van der Waals surface area contributed by atoms with E-state index < -0.39 is 22.4 Å². The Labute approximate surface area is 112 Å². The van der Waals surface area contributed by atoms with Crippen molar-refractivity contribution >= 4 is 5.69 Å². The molecule has 8 heteroatoms. The fourth-order valence-electron chi connectivity index (χ4n) is 2.03. The molecule has 0 radical (unpaired) electrons. The molecule has 0 aliphatic carbocycles. The molecule has 0 amide bonds. The molecule has 20 heavy (non-hydrogen) atoms. The van der Waals surface area contributed by atoms with Gasteiger partial charge in [-0.1, -0.05) is 0 Å². The minimum Gasteiger partial charge on any atom is -0.483 e. The van der Waals surface area contributed by atoms with Gasteiger partial charge >= 0.3 is 11.9 Å². The maximum Gasteiger partial charge on any atom is 0.416 e. The predicted octanol–water partition coefficient (Wildman–Crippen LogP) is 2.74. The number of hydrogen-bond acceptors (Lipinski definition) is 4. The highest BCUT2D eigenvalue weighted by atomic mass is 19.4. The van der Waals surface area contributed by atoms with E-state index in [4.69, 9.17) is 4.74 Å². The SMILES string of the molecule is O=[N+]([O-])c1cc(C(F)(F)F)ccc1OC1CCNCC1. The highest BCUT2D eigenvalue weighted by Gasteiger charge is 2.33. The lowest BCUT2D eigenvalue weighted by Crippen LogP contribution is -2.34. The van der Waals surface area contributed by atoms with Crippen LogP contribution < -0.4 is 10.1 Å². The number of ether oxygens (including phenoxy) is 1. The van der Waals surface area contributed by atoms with Crippen LogP contribution in [0.15, 0.2) is 18.2 Å². The van der Waals surface area contributed by atoms with E-state index in [0.717, 1.165) is 25.2 Å². The maximum absolute atomic E-state index is 12.5. The van der Waals surface area contributed by atoms with Crippen molar-refractivity contribution < 1.29 is 22.8 Å². The Morgan fingerprint density at radius 3 is 2.50 bits per heavy atom. The number of nitro groups is 1. The van der Waals surface area contributed by atoms with Gasteiger partial charge in [0.05, 0.1) is 10.5 Å². The van der Waals surface area contributed by atoms with E-state index in [9.17, 15) is 23.3 Å². The maximum atomic E-state index is 12.5. The van der Waals surface area contributed by atoms with Gasteiger partial charge < -0.3 is 10.1 Å². The van der Waals surface area contributed by atoms with Crippen LogP contribution in [0.3, 0.4) is 0 Å². The second-order valence-electron chi connectivity index (χ2n) is 4.50. The summed E-state index contributed by atoms with van der Waals surface area (Å²) in [6.45, 7) is 1.44. The van der Waals surface area contributed by atoms with Crippen LogP contribution >= 0.6 is 0 Å². The van der Waals surface area contributed by atoms with E-state index in [-0.39, 0.29) is 11.9 Å². The summed E-state index contributed by atoms with van der Waals surface area (Å²) in [5.74, 6) is -0.116. The van der Waals surface area contributed by atoms with Crippen LogP contribution in [0.1, 0.15) is 18.4 Å². The van der Waals surface area contributed by atoms with Gasteiger partial charge in [-0.2, -0.15) is 13.2 Å². The van der Waals surface area contributed by atoms with Gasteiger partial charge in [-0.05, 0) is 38.1 Å². The minimum absolute atomic E-state index is 0.116. The lowest BCUT2D eigenvalue weighted by Gasteiger charge is -2.23. The molecule has 1 heterocycles. The smallest absolute Gasteiger partial charge is 0.416 e. The van der Waals surface area contributed by atoms with Gasteiger partial charge in [0.2, 0.25) is 0 Å². The number of rotatable bonds is 3. The summed E-state index contributed by atoms with van der Waals surface area (Å²) in [5.41, 5.74) is -1.71. The first-order valence-electron chi connectivity index (χ1n) is 6.11. The average Bonchev–Trinajstić information content (AvgIpc) is 2.38. The monoisotopic (exact) mass is 290 g/mol. The van der Waals surface area contributed by atoms with Gasteiger partial charge in [-0.3, -0.25) is 10.1 Å². The summed E-state index contributed by atoms with van der Waals surface area (Å²) in [7, 11) is 0. The van der Waals surface area contributed by atoms with Crippen molar-refractivity contribution in [2.75, 3.05) is 13.1 Å². The molecule has 1 aliphatic rings. The average molecular weight is 290 g/mol. The van der Waals surface area contributed by atoms with Crippen molar-refractivity contribution in [3.05, 3.63) is 33.9 Å². The summed E-state index contributed by atoms with van der Waals surface area (Å²) in [6, 6.07) is 2.32. The first kappa shape index (κ1) is 14.6. The molecule has 5 nitrogen and oxygen atoms in total. The second-order valence-corrected chi connectivity index (χ2v) is 4.50. The summed E-state index contributed by atoms with van der Waals surface area (Å²) in [5, 5.41) is 14.0. The fourth-order valence-corrected chi connectivity index (χ4v) is 2.03. The fraction of sp³-hybridized carbons (Fsp3) is 0.500. The Morgan fingerprint density at radius 1 is 1.30 bits per heavy atom. The van der Waals surface area contributed by atoms with Gasteiger partial charge in [0.25, 0.3) is 0 Å². The van der Waals surface area contributed by atoms with Crippen LogP contribution in [0.5, 0.6) is 5.75 Å². The lowest BCUT2D eigenvalue weighted by atomic mass is 10.1. The van der Waals surface area contributed by atoms with Crippen LogP contribution in [-0.4, -0.2) is 24.1 Å².